The van der Waals surface area contributed by atoms with Gasteiger partial charge in [-0.05, 0) is 42.7 Å². The van der Waals surface area contributed by atoms with Gasteiger partial charge in [-0.25, -0.2) is 4.79 Å². The van der Waals surface area contributed by atoms with E-state index in [1.54, 1.807) is 31.4 Å². The van der Waals surface area contributed by atoms with Crippen molar-refractivity contribution in [3.63, 3.8) is 0 Å². The van der Waals surface area contributed by atoms with E-state index in [0.29, 0.717) is 17.1 Å². The van der Waals surface area contributed by atoms with Crippen LogP contribution in [0.2, 0.25) is 0 Å². The summed E-state index contributed by atoms with van der Waals surface area (Å²) >= 11 is 0. The molecule has 0 aliphatic rings. The van der Waals surface area contributed by atoms with Crippen LogP contribution in [0.4, 0.5) is 0 Å². The van der Waals surface area contributed by atoms with Crippen LogP contribution in [0.1, 0.15) is 28.4 Å². The van der Waals surface area contributed by atoms with Gasteiger partial charge in [-0.1, -0.05) is 31.2 Å². The summed E-state index contributed by atoms with van der Waals surface area (Å²) in [7, 11) is 1.55. The highest BCUT2D eigenvalue weighted by Crippen LogP contribution is 2.27. The predicted molar refractivity (Wildman–Crippen MR) is 78.5 cm³/mol. The first-order valence-electron chi connectivity index (χ1n) is 6.61. The van der Waals surface area contributed by atoms with E-state index >= 15 is 0 Å². The summed E-state index contributed by atoms with van der Waals surface area (Å²) in [5.74, 6) is 0.619. The number of carbonyl (C=O) groups is 1. The van der Waals surface area contributed by atoms with Crippen LogP contribution in [0, 0.1) is 6.92 Å². The Morgan fingerprint density at radius 3 is 2.40 bits per heavy atom. The Balaban J connectivity index is 2.29. The van der Waals surface area contributed by atoms with E-state index in [1.165, 1.54) is 0 Å². The molecule has 3 heteroatoms. The molecule has 0 aliphatic heterocycles. The summed E-state index contributed by atoms with van der Waals surface area (Å²) in [5.41, 5.74) is 2.71. The molecule has 0 spiro atoms. The van der Waals surface area contributed by atoms with Gasteiger partial charge in [0.1, 0.15) is 0 Å². The van der Waals surface area contributed by atoms with Gasteiger partial charge in [0.15, 0.2) is 11.5 Å². The number of benzene rings is 2. The van der Waals surface area contributed by atoms with Crippen molar-refractivity contribution in [1.82, 2.24) is 0 Å². The minimum Gasteiger partial charge on any atom is -0.493 e. The van der Waals surface area contributed by atoms with E-state index < -0.39 is 0 Å². The second-order valence-electron chi connectivity index (χ2n) is 4.48. The molecule has 0 unspecified atom stereocenters. The van der Waals surface area contributed by atoms with Gasteiger partial charge in [-0.3, -0.25) is 0 Å². The lowest BCUT2D eigenvalue weighted by atomic mass is 10.0. The monoisotopic (exact) mass is 270 g/mol. The number of hydrogen-bond donors (Lipinski definition) is 0. The first kappa shape index (κ1) is 14.1. The number of aryl methyl sites for hydroxylation is 1. The molecular weight excluding hydrogens is 252 g/mol. The second-order valence-corrected chi connectivity index (χ2v) is 4.48. The molecule has 0 aliphatic carbocycles. The Morgan fingerprint density at radius 2 is 1.75 bits per heavy atom. The van der Waals surface area contributed by atoms with E-state index in [1.807, 2.05) is 25.1 Å². The number of esters is 1. The number of rotatable bonds is 4. The van der Waals surface area contributed by atoms with Crippen molar-refractivity contribution < 1.29 is 14.3 Å². The van der Waals surface area contributed by atoms with Crippen molar-refractivity contribution >= 4 is 5.97 Å². The van der Waals surface area contributed by atoms with E-state index in [9.17, 15) is 4.79 Å². The fourth-order valence-corrected chi connectivity index (χ4v) is 2.15. The zero-order valence-corrected chi connectivity index (χ0v) is 12.0. The maximum Gasteiger partial charge on any atom is 0.343 e. The van der Waals surface area contributed by atoms with Crippen LogP contribution in [0.25, 0.3) is 0 Å². The lowest BCUT2D eigenvalue weighted by molar-refractivity contribution is 0.0729. The smallest absolute Gasteiger partial charge is 0.343 e. The minimum absolute atomic E-state index is 0.359. The van der Waals surface area contributed by atoms with Crippen molar-refractivity contribution in [1.29, 1.82) is 0 Å². The summed E-state index contributed by atoms with van der Waals surface area (Å²) in [4.78, 5) is 12.3. The Labute approximate surface area is 119 Å². The third-order valence-electron chi connectivity index (χ3n) is 3.32. The molecule has 2 aromatic rings. The van der Waals surface area contributed by atoms with Gasteiger partial charge in [0.2, 0.25) is 0 Å². The number of para-hydroxylation sites is 2. The molecule has 0 amide bonds. The Bertz CT molecular complexity index is 617. The average molecular weight is 270 g/mol. The highest BCUT2D eigenvalue weighted by Gasteiger charge is 2.15. The number of methoxy groups -OCH3 is 1. The van der Waals surface area contributed by atoms with Crippen molar-refractivity contribution in [2.45, 2.75) is 20.3 Å². The maximum absolute atomic E-state index is 12.3. The normalized spacial score (nSPS) is 10.2. The van der Waals surface area contributed by atoms with E-state index in [4.69, 9.17) is 9.47 Å². The van der Waals surface area contributed by atoms with E-state index in [0.717, 1.165) is 17.5 Å². The fraction of sp³-hybridized carbons (Fsp3) is 0.235. The number of carbonyl (C=O) groups excluding carboxylic acids is 1. The number of hydrogen-bond acceptors (Lipinski definition) is 3. The van der Waals surface area contributed by atoms with Crippen molar-refractivity contribution in [2.24, 2.45) is 0 Å². The molecule has 0 fully saturated rings. The standard InChI is InChI=1S/C17H18O3/c1-4-13-8-7-9-14(12(13)2)17(18)20-16-11-6-5-10-15(16)19-3/h5-11H,4H2,1-3H3. The third-order valence-corrected chi connectivity index (χ3v) is 3.32. The summed E-state index contributed by atoms with van der Waals surface area (Å²) in [6.07, 6.45) is 0.890. The average Bonchev–Trinajstić information content (AvgIpc) is 2.48. The molecule has 0 saturated heterocycles. The first-order chi connectivity index (χ1) is 9.67. The molecule has 0 N–H and O–H groups in total. The molecule has 0 radical (unpaired) electrons. The molecule has 2 rings (SSSR count). The SMILES string of the molecule is CCc1cccc(C(=O)Oc2ccccc2OC)c1C. The van der Waals surface area contributed by atoms with Crippen LogP contribution in [-0.4, -0.2) is 13.1 Å². The van der Waals surface area contributed by atoms with Crippen LogP contribution in [-0.2, 0) is 6.42 Å². The van der Waals surface area contributed by atoms with Crippen LogP contribution in [0.3, 0.4) is 0 Å². The molecule has 0 heterocycles. The summed E-state index contributed by atoms with van der Waals surface area (Å²) in [6, 6.07) is 12.8. The zero-order valence-electron chi connectivity index (χ0n) is 12.0. The van der Waals surface area contributed by atoms with Gasteiger partial charge in [0.05, 0.1) is 12.7 Å². The largest absolute Gasteiger partial charge is 0.493 e. The van der Waals surface area contributed by atoms with Crippen LogP contribution < -0.4 is 9.47 Å². The molecule has 104 valence electrons. The Kier molecular flexibility index (Phi) is 4.41. The molecule has 20 heavy (non-hydrogen) atoms. The van der Waals surface area contributed by atoms with Gasteiger partial charge in [0, 0.05) is 0 Å². The van der Waals surface area contributed by atoms with Gasteiger partial charge in [-0.15, -0.1) is 0 Å². The lowest BCUT2D eigenvalue weighted by Gasteiger charge is -2.11. The van der Waals surface area contributed by atoms with Crippen LogP contribution >= 0.6 is 0 Å². The molecule has 0 saturated carbocycles. The molecule has 3 nitrogen and oxygen atoms in total. The quantitative estimate of drug-likeness (QED) is 0.626. The number of ether oxygens (including phenoxy) is 2. The predicted octanol–water partition coefficient (Wildman–Crippen LogP) is 3.79. The lowest BCUT2D eigenvalue weighted by Crippen LogP contribution is -2.11. The zero-order chi connectivity index (χ0) is 14.5. The van der Waals surface area contributed by atoms with Crippen molar-refractivity contribution in [3.05, 3.63) is 59.2 Å². The topological polar surface area (TPSA) is 35.5 Å². The Hall–Kier alpha value is -2.29. The molecule has 0 bridgehead atoms. The maximum atomic E-state index is 12.3. The molecule has 2 aromatic carbocycles. The van der Waals surface area contributed by atoms with E-state index in [-0.39, 0.29) is 5.97 Å². The second kappa shape index (κ2) is 6.24. The van der Waals surface area contributed by atoms with Crippen molar-refractivity contribution in [3.8, 4) is 11.5 Å². The molecule has 0 aromatic heterocycles. The molecular formula is C17H18O3. The summed E-state index contributed by atoms with van der Waals surface area (Å²) in [5, 5.41) is 0. The summed E-state index contributed by atoms with van der Waals surface area (Å²) < 4.78 is 10.6. The molecule has 0 atom stereocenters. The fourth-order valence-electron chi connectivity index (χ4n) is 2.15. The van der Waals surface area contributed by atoms with Gasteiger partial charge < -0.3 is 9.47 Å². The summed E-state index contributed by atoms with van der Waals surface area (Å²) in [6.45, 7) is 4.01. The van der Waals surface area contributed by atoms with Crippen molar-refractivity contribution in [2.75, 3.05) is 7.11 Å². The van der Waals surface area contributed by atoms with E-state index in [2.05, 4.69) is 6.92 Å². The van der Waals surface area contributed by atoms with Gasteiger partial charge >= 0.3 is 5.97 Å². The first-order valence-corrected chi connectivity index (χ1v) is 6.61. The third kappa shape index (κ3) is 2.82. The highest BCUT2D eigenvalue weighted by atomic mass is 16.6. The van der Waals surface area contributed by atoms with Crippen LogP contribution in [0.5, 0.6) is 11.5 Å². The highest BCUT2D eigenvalue weighted by molar-refractivity contribution is 5.93. The van der Waals surface area contributed by atoms with Crippen LogP contribution in [0.15, 0.2) is 42.5 Å². The van der Waals surface area contributed by atoms with Gasteiger partial charge in [0.25, 0.3) is 0 Å². The minimum atomic E-state index is -0.359. The van der Waals surface area contributed by atoms with Gasteiger partial charge in [-0.2, -0.15) is 0 Å². The Morgan fingerprint density at radius 1 is 1.05 bits per heavy atom.